The van der Waals surface area contributed by atoms with Gasteiger partial charge in [0, 0.05) is 18.0 Å². The number of anilines is 1. The highest BCUT2D eigenvalue weighted by atomic mass is 16.5. The van der Waals surface area contributed by atoms with Crippen LogP contribution in [0.1, 0.15) is 39.4 Å². The van der Waals surface area contributed by atoms with Crippen LogP contribution in [0.3, 0.4) is 0 Å². The second-order valence-corrected chi connectivity index (χ2v) is 6.04. The van der Waals surface area contributed by atoms with Gasteiger partial charge in [-0.2, -0.15) is 0 Å². The number of nitrogens with one attached hydrogen (secondary N) is 2. The maximum atomic E-state index is 12.7. The lowest BCUT2D eigenvalue weighted by Gasteiger charge is -2.15. The number of carbonyl (C=O) groups excluding carboxylic acids is 2. The lowest BCUT2D eigenvalue weighted by atomic mass is 10.1. The molecule has 7 nitrogen and oxygen atoms in total. The van der Waals surface area contributed by atoms with E-state index < -0.39 is 11.8 Å². The molecule has 0 saturated heterocycles. The Hall–Kier alpha value is -3.74. The summed E-state index contributed by atoms with van der Waals surface area (Å²) < 4.78 is 5.08. The largest absolute Gasteiger partial charge is 0.497 e. The molecule has 7 heteroatoms. The number of amides is 2. The van der Waals surface area contributed by atoms with Gasteiger partial charge in [-0.3, -0.25) is 9.59 Å². The van der Waals surface area contributed by atoms with E-state index in [-0.39, 0.29) is 17.6 Å². The SMILES string of the molecule is COc1ccc(C(=O)Nc2nccnc2C(=O)N[C@@H](C)c2ccccc2)cc1. The lowest BCUT2D eigenvalue weighted by Crippen LogP contribution is -2.29. The number of benzene rings is 2. The molecule has 0 radical (unpaired) electrons. The summed E-state index contributed by atoms with van der Waals surface area (Å²) in [6.07, 6.45) is 2.83. The van der Waals surface area contributed by atoms with Crippen molar-refractivity contribution in [3.63, 3.8) is 0 Å². The van der Waals surface area contributed by atoms with E-state index in [9.17, 15) is 9.59 Å². The molecule has 2 aromatic carbocycles. The van der Waals surface area contributed by atoms with E-state index >= 15 is 0 Å². The Kier molecular flexibility index (Phi) is 5.96. The van der Waals surface area contributed by atoms with Crippen molar-refractivity contribution in [1.29, 1.82) is 0 Å². The monoisotopic (exact) mass is 376 g/mol. The average molecular weight is 376 g/mol. The molecule has 0 bridgehead atoms. The topological polar surface area (TPSA) is 93.2 Å². The fraction of sp³-hybridized carbons (Fsp3) is 0.143. The van der Waals surface area contributed by atoms with E-state index in [1.54, 1.807) is 31.4 Å². The summed E-state index contributed by atoms with van der Waals surface area (Å²) >= 11 is 0. The van der Waals surface area contributed by atoms with Gasteiger partial charge in [0.2, 0.25) is 0 Å². The molecular formula is C21H20N4O3. The minimum atomic E-state index is -0.422. The molecule has 2 N–H and O–H groups in total. The van der Waals surface area contributed by atoms with Crippen molar-refractivity contribution in [2.75, 3.05) is 12.4 Å². The van der Waals surface area contributed by atoms with Crippen LogP contribution in [-0.4, -0.2) is 28.9 Å². The smallest absolute Gasteiger partial charge is 0.274 e. The number of hydrogen-bond donors (Lipinski definition) is 2. The summed E-state index contributed by atoms with van der Waals surface area (Å²) in [5, 5.41) is 5.52. The summed E-state index contributed by atoms with van der Waals surface area (Å²) in [6.45, 7) is 1.87. The van der Waals surface area contributed by atoms with Gasteiger partial charge in [0.25, 0.3) is 11.8 Å². The van der Waals surface area contributed by atoms with Gasteiger partial charge in [-0.15, -0.1) is 0 Å². The maximum Gasteiger partial charge on any atom is 0.274 e. The molecule has 0 spiro atoms. The van der Waals surface area contributed by atoms with E-state index in [1.165, 1.54) is 12.4 Å². The van der Waals surface area contributed by atoms with Crippen LogP contribution in [0.2, 0.25) is 0 Å². The van der Waals surface area contributed by atoms with Crippen molar-refractivity contribution >= 4 is 17.6 Å². The molecule has 0 aliphatic heterocycles. The van der Waals surface area contributed by atoms with Gasteiger partial charge in [-0.25, -0.2) is 9.97 Å². The molecule has 1 heterocycles. The number of ether oxygens (including phenoxy) is 1. The fourth-order valence-corrected chi connectivity index (χ4v) is 2.61. The summed E-state index contributed by atoms with van der Waals surface area (Å²) in [6, 6.07) is 16.0. The molecule has 0 unspecified atom stereocenters. The first-order valence-electron chi connectivity index (χ1n) is 8.70. The third-order valence-electron chi connectivity index (χ3n) is 4.14. The van der Waals surface area contributed by atoms with Gasteiger partial charge in [0.1, 0.15) is 5.75 Å². The molecule has 2 amide bonds. The Labute approximate surface area is 162 Å². The molecule has 0 aliphatic rings. The Bertz CT molecular complexity index is 959. The third kappa shape index (κ3) is 4.50. The van der Waals surface area contributed by atoms with Crippen LogP contribution >= 0.6 is 0 Å². The molecule has 28 heavy (non-hydrogen) atoms. The molecular weight excluding hydrogens is 356 g/mol. The molecule has 0 aliphatic carbocycles. The number of rotatable bonds is 6. The molecule has 3 rings (SSSR count). The zero-order chi connectivity index (χ0) is 19.9. The second-order valence-electron chi connectivity index (χ2n) is 6.04. The van der Waals surface area contributed by atoms with Crippen molar-refractivity contribution in [2.45, 2.75) is 13.0 Å². The quantitative estimate of drug-likeness (QED) is 0.689. The predicted octanol–water partition coefficient (Wildman–Crippen LogP) is 3.23. The maximum absolute atomic E-state index is 12.7. The lowest BCUT2D eigenvalue weighted by molar-refractivity contribution is 0.0935. The highest BCUT2D eigenvalue weighted by Gasteiger charge is 2.19. The van der Waals surface area contributed by atoms with Crippen LogP contribution in [0.15, 0.2) is 67.0 Å². The molecule has 0 fully saturated rings. The minimum Gasteiger partial charge on any atom is -0.497 e. The van der Waals surface area contributed by atoms with E-state index in [4.69, 9.17) is 4.74 Å². The normalized spacial score (nSPS) is 11.4. The number of nitrogens with zero attached hydrogens (tertiary/aromatic N) is 2. The molecule has 1 atom stereocenters. The molecule has 3 aromatic rings. The first-order valence-corrected chi connectivity index (χ1v) is 8.70. The van der Waals surface area contributed by atoms with Gasteiger partial charge in [-0.05, 0) is 36.8 Å². The molecule has 0 saturated carbocycles. The van der Waals surface area contributed by atoms with Crippen LogP contribution in [-0.2, 0) is 0 Å². The summed E-state index contributed by atoms with van der Waals surface area (Å²) in [7, 11) is 1.55. The second kappa shape index (κ2) is 8.77. The van der Waals surface area contributed by atoms with Crippen LogP contribution in [0.5, 0.6) is 5.75 Å². The third-order valence-corrected chi connectivity index (χ3v) is 4.14. The predicted molar refractivity (Wildman–Crippen MR) is 105 cm³/mol. The van der Waals surface area contributed by atoms with Crippen LogP contribution in [0.4, 0.5) is 5.82 Å². The van der Waals surface area contributed by atoms with Crippen LogP contribution in [0, 0.1) is 0 Å². The zero-order valence-electron chi connectivity index (χ0n) is 15.5. The first kappa shape index (κ1) is 19.0. The van der Waals surface area contributed by atoms with Crippen molar-refractivity contribution in [1.82, 2.24) is 15.3 Å². The fourth-order valence-electron chi connectivity index (χ4n) is 2.61. The number of methoxy groups -OCH3 is 1. The highest BCUT2D eigenvalue weighted by molar-refractivity contribution is 6.07. The van der Waals surface area contributed by atoms with Crippen molar-refractivity contribution in [2.24, 2.45) is 0 Å². The van der Waals surface area contributed by atoms with Gasteiger partial charge in [0.05, 0.1) is 13.2 Å². The molecule has 142 valence electrons. The van der Waals surface area contributed by atoms with Crippen LogP contribution in [0.25, 0.3) is 0 Å². The summed E-state index contributed by atoms with van der Waals surface area (Å²) in [5.41, 5.74) is 1.42. The Morgan fingerprint density at radius 3 is 2.29 bits per heavy atom. The minimum absolute atomic E-state index is 0.0483. The van der Waals surface area contributed by atoms with E-state index in [2.05, 4.69) is 20.6 Å². The average Bonchev–Trinajstić information content (AvgIpc) is 2.74. The summed E-state index contributed by atoms with van der Waals surface area (Å²) in [5.74, 6) is -0.0742. The standard InChI is InChI=1S/C21H20N4O3/c1-14(15-6-4-3-5-7-15)24-21(27)18-19(23-13-12-22-18)25-20(26)16-8-10-17(28-2)11-9-16/h3-14H,1-2H3,(H,24,27)(H,23,25,26)/t14-/m0/s1. The van der Waals surface area contributed by atoms with Gasteiger partial charge < -0.3 is 15.4 Å². The van der Waals surface area contributed by atoms with E-state index in [1.807, 2.05) is 37.3 Å². The van der Waals surface area contributed by atoms with E-state index in [0.717, 1.165) is 5.56 Å². The Morgan fingerprint density at radius 1 is 0.929 bits per heavy atom. The van der Waals surface area contributed by atoms with Crippen molar-refractivity contribution in [3.05, 3.63) is 83.8 Å². The van der Waals surface area contributed by atoms with Gasteiger partial charge >= 0.3 is 0 Å². The molecule has 1 aromatic heterocycles. The zero-order valence-corrected chi connectivity index (χ0v) is 15.5. The Morgan fingerprint density at radius 2 is 1.61 bits per heavy atom. The van der Waals surface area contributed by atoms with Crippen molar-refractivity contribution in [3.8, 4) is 5.75 Å². The van der Waals surface area contributed by atoms with Crippen LogP contribution < -0.4 is 15.4 Å². The highest BCUT2D eigenvalue weighted by Crippen LogP contribution is 2.16. The number of aromatic nitrogens is 2. The van der Waals surface area contributed by atoms with Gasteiger partial charge in [0.15, 0.2) is 11.5 Å². The first-order chi connectivity index (χ1) is 13.6. The number of carbonyl (C=O) groups is 2. The Balaban J connectivity index is 1.74. The number of hydrogen-bond acceptors (Lipinski definition) is 5. The van der Waals surface area contributed by atoms with E-state index in [0.29, 0.717) is 11.3 Å². The van der Waals surface area contributed by atoms with Crippen molar-refractivity contribution < 1.29 is 14.3 Å². The summed E-state index contributed by atoms with van der Waals surface area (Å²) in [4.78, 5) is 33.3. The van der Waals surface area contributed by atoms with Gasteiger partial charge in [-0.1, -0.05) is 30.3 Å².